The molecular weight excluding hydrogens is 272 g/mol. The van der Waals surface area contributed by atoms with Gasteiger partial charge in [-0.15, -0.1) is 0 Å². The van der Waals surface area contributed by atoms with Crippen molar-refractivity contribution < 1.29 is 9.26 Å². The van der Waals surface area contributed by atoms with Crippen molar-refractivity contribution in [1.29, 1.82) is 0 Å². The van der Waals surface area contributed by atoms with E-state index in [1.807, 2.05) is 18.2 Å². The Balaban J connectivity index is 1.91. The van der Waals surface area contributed by atoms with Crippen molar-refractivity contribution in [1.82, 2.24) is 10.5 Å². The lowest BCUT2D eigenvalue weighted by Crippen LogP contribution is -2.19. The Kier molecular flexibility index (Phi) is 2.57. The second-order valence-corrected chi connectivity index (χ2v) is 4.78. The summed E-state index contributed by atoms with van der Waals surface area (Å²) in [6.07, 6.45) is 1.22. The standard InChI is InChI=1S/C11H11BrN2O2/c12-7-1-2-9-10(5-7)16-14-11(9)15-8-3-4-13-6-8/h1-2,5,8,13H,3-4,6H2. The van der Waals surface area contributed by atoms with E-state index in [1.165, 1.54) is 0 Å². The molecule has 1 unspecified atom stereocenters. The number of rotatable bonds is 2. The average molecular weight is 283 g/mol. The molecule has 1 atom stereocenters. The molecule has 0 aliphatic carbocycles. The van der Waals surface area contributed by atoms with Crippen LogP contribution in [0.2, 0.25) is 0 Å². The Bertz CT molecular complexity index is 506. The zero-order valence-corrected chi connectivity index (χ0v) is 10.2. The smallest absolute Gasteiger partial charge is 0.262 e. The third-order valence-electron chi connectivity index (χ3n) is 2.69. The maximum Gasteiger partial charge on any atom is 0.262 e. The largest absolute Gasteiger partial charge is 0.470 e. The number of hydrogen-bond donors (Lipinski definition) is 1. The minimum absolute atomic E-state index is 0.206. The highest BCUT2D eigenvalue weighted by Gasteiger charge is 2.19. The van der Waals surface area contributed by atoms with Crippen molar-refractivity contribution in [3.63, 3.8) is 0 Å². The lowest BCUT2D eigenvalue weighted by Gasteiger charge is -2.08. The fraction of sp³-hybridized carbons (Fsp3) is 0.364. The quantitative estimate of drug-likeness (QED) is 0.919. The fourth-order valence-corrected chi connectivity index (χ4v) is 2.20. The highest BCUT2D eigenvalue weighted by atomic mass is 79.9. The molecule has 3 rings (SSSR count). The van der Waals surface area contributed by atoms with Crippen LogP contribution in [0.15, 0.2) is 27.2 Å². The lowest BCUT2D eigenvalue weighted by atomic mass is 10.2. The maximum absolute atomic E-state index is 5.79. The molecule has 0 radical (unpaired) electrons. The number of fused-ring (bicyclic) bond motifs is 1. The van der Waals surface area contributed by atoms with E-state index in [0.29, 0.717) is 5.88 Å². The van der Waals surface area contributed by atoms with Gasteiger partial charge in [-0.05, 0) is 36.3 Å². The van der Waals surface area contributed by atoms with Gasteiger partial charge < -0.3 is 14.6 Å². The maximum atomic E-state index is 5.79. The Morgan fingerprint density at radius 2 is 2.44 bits per heavy atom. The zero-order chi connectivity index (χ0) is 11.0. The van der Waals surface area contributed by atoms with Crippen molar-refractivity contribution in [2.24, 2.45) is 0 Å². The van der Waals surface area contributed by atoms with E-state index in [-0.39, 0.29) is 6.10 Å². The summed E-state index contributed by atoms with van der Waals surface area (Å²) in [5.41, 5.74) is 0.746. The molecule has 4 nitrogen and oxygen atoms in total. The molecule has 2 heterocycles. The van der Waals surface area contributed by atoms with Crippen molar-refractivity contribution in [3.8, 4) is 5.88 Å². The lowest BCUT2D eigenvalue weighted by molar-refractivity contribution is 0.204. The molecule has 84 valence electrons. The first-order valence-electron chi connectivity index (χ1n) is 5.25. The highest BCUT2D eigenvalue weighted by molar-refractivity contribution is 9.10. The van der Waals surface area contributed by atoms with Gasteiger partial charge in [0.05, 0.1) is 5.39 Å². The zero-order valence-electron chi connectivity index (χ0n) is 8.57. The van der Waals surface area contributed by atoms with Crippen molar-refractivity contribution in [3.05, 3.63) is 22.7 Å². The predicted molar refractivity (Wildman–Crippen MR) is 63.6 cm³/mol. The topological polar surface area (TPSA) is 47.3 Å². The molecule has 1 aliphatic rings. The first-order valence-corrected chi connectivity index (χ1v) is 6.04. The van der Waals surface area contributed by atoms with Crippen LogP contribution in [0.5, 0.6) is 5.88 Å². The van der Waals surface area contributed by atoms with E-state index in [1.54, 1.807) is 0 Å². The van der Waals surface area contributed by atoms with Crippen molar-refractivity contribution in [2.45, 2.75) is 12.5 Å². The van der Waals surface area contributed by atoms with Gasteiger partial charge in [-0.25, -0.2) is 0 Å². The minimum Gasteiger partial charge on any atom is -0.470 e. The summed E-state index contributed by atoms with van der Waals surface area (Å²) in [5.74, 6) is 0.594. The molecule has 1 aromatic heterocycles. The molecule has 1 N–H and O–H groups in total. The van der Waals surface area contributed by atoms with Gasteiger partial charge in [0, 0.05) is 11.0 Å². The molecular formula is C11H11BrN2O2. The summed E-state index contributed by atoms with van der Waals surface area (Å²) < 4.78 is 12.0. The highest BCUT2D eigenvalue weighted by Crippen LogP contribution is 2.28. The van der Waals surface area contributed by atoms with Crippen molar-refractivity contribution in [2.75, 3.05) is 13.1 Å². The first-order chi connectivity index (χ1) is 7.83. The number of halogens is 1. The van der Waals surface area contributed by atoms with Gasteiger partial charge in [0.1, 0.15) is 6.10 Å². The second-order valence-electron chi connectivity index (χ2n) is 3.86. The first kappa shape index (κ1) is 10.1. The summed E-state index contributed by atoms with van der Waals surface area (Å²) in [6.45, 7) is 1.89. The molecule has 2 aromatic rings. The molecule has 0 saturated carbocycles. The van der Waals surface area contributed by atoms with E-state index >= 15 is 0 Å². The summed E-state index contributed by atoms with van der Waals surface area (Å²) in [4.78, 5) is 0. The van der Waals surface area contributed by atoms with E-state index in [0.717, 1.165) is 35.0 Å². The van der Waals surface area contributed by atoms with Gasteiger partial charge in [0.15, 0.2) is 5.58 Å². The van der Waals surface area contributed by atoms with Crippen LogP contribution < -0.4 is 10.1 Å². The van der Waals surface area contributed by atoms with Gasteiger partial charge in [0.2, 0.25) is 0 Å². The van der Waals surface area contributed by atoms with Gasteiger partial charge >= 0.3 is 0 Å². The molecule has 5 heteroatoms. The number of aromatic nitrogens is 1. The molecule has 16 heavy (non-hydrogen) atoms. The van der Waals surface area contributed by atoms with E-state index in [2.05, 4.69) is 26.4 Å². The van der Waals surface area contributed by atoms with E-state index < -0.39 is 0 Å². The molecule has 1 fully saturated rings. The molecule has 0 bridgehead atoms. The van der Waals surface area contributed by atoms with Crippen LogP contribution in [-0.2, 0) is 0 Å². The fourth-order valence-electron chi connectivity index (χ4n) is 1.86. The summed E-state index contributed by atoms with van der Waals surface area (Å²) in [6, 6.07) is 5.80. The number of ether oxygens (including phenoxy) is 1. The van der Waals surface area contributed by atoms with Crippen LogP contribution in [0.4, 0.5) is 0 Å². The molecule has 0 amide bonds. The van der Waals surface area contributed by atoms with Gasteiger partial charge in [0.25, 0.3) is 5.88 Å². The third-order valence-corrected chi connectivity index (χ3v) is 3.19. The Morgan fingerprint density at radius 3 is 3.25 bits per heavy atom. The summed E-state index contributed by atoms with van der Waals surface area (Å²) >= 11 is 3.39. The van der Waals surface area contributed by atoms with E-state index in [9.17, 15) is 0 Å². The summed E-state index contributed by atoms with van der Waals surface area (Å²) in [5, 5.41) is 8.13. The van der Waals surface area contributed by atoms with Gasteiger partial charge in [-0.2, -0.15) is 0 Å². The Labute approximate surface area is 101 Å². The second kappa shape index (κ2) is 4.07. The molecule has 1 aliphatic heterocycles. The molecule has 1 saturated heterocycles. The third kappa shape index (κ3) is 1.81. The minimum atomic E-state index is 0.206. The average Bonchev–Trinajstić information content (AvgIpc) is 2.89. The number of hydrogen-bond acceptors (Lipinski definition) is 4. The van der Waals surface area contributed by atoms with Crippen LogP contribution >= 0.6 is 15.9 Å². The van der Waals surface area contributed by atoms with Crippen LogP contribution in [0.3, 0.4) is 0 Å². The normalized spacial score (nSPS) is 20.4. The van der Waals surface area contributed by atoms with Gasteiger partial charge in [-0.3, -0.25) is 0 Å². The monoisotopic (exact) mass is 282 g/mol. The number of nitrogens with one attached hydrogen (secondary N) is 1. The van der Waals surface area contributed by atoms with E-state index in [4.69, 9.17) is 9.26 Å². The number of benzene rings is 1. The number of nitrogens with zero attached hydrogens (tertiary/aromatic N) is 1. The summed E-state index contributed by atoms with van der Waals surface area (Å²) in [7, 11) is 0. The predicted octanol–water partition coefficient (Wildman–Crippen LogP) is 2.33. The molecule has 0 spiro atoms. The Morgan fingerprint density at radius 1 is 1.50 bits per heavy atom. The van der Waals surface area contributed by atoms with Crippen LogP contribution in [0.1, 0.15) is 6.42 Å². The molecule has 1 aromatic carbocycles. The van der Waals surface area contributed by atoms with Gasteiger partial charge in [-0.1, -0.05) is 15.9 Å². The van der Waals surface area contributed by atoms with Crippen LogP contribution in [0.25, 0.3) is 11.0 Å². The van der Waals surface area contributed by atoms with Crippen LogP contribution in [-0.4, -0.2) is 24.4 Å². The Hall–Kier alpha value is -1.07. The van der Waals surface area contributed by atoms with Crippen LogP contribution in [0, 0.1) is 0 Å². The SMILES string of the molecule is Brc1ccc2c(OC3CCNC3)noc2c1. The van der Waals surface area contributed by atoms with Crippen molar-refractivity contribution >= 4 is 26.9 Å².